The normalized spacial score (nSPS) is 9.57. The standard InChI is InChI=1S/C9H8ClNO3/c1-14-9(13)8-4-7(10)6(2-3-12)5-11-8/h3-5H,2H2,1H3. The largest absolute Gasteiger partial charge is 0.464 e. The van der Waals surface area contributed by atoms with Crippen molar-refractivity contribution in [2.24, 2.45) is 0 Å². The van der Waals surface area contributed by atoms with Crippen LogP contribution in [0.3, 0.4) is 0 Å². The highest BCUT2D eigenvalue weighted by Crippen LogP contribution is 2.16. The average Bonchev–Trinajstić information content (AvgIpc) is 2.20. The highest BCUT2D eigenvalue weighted by Gasteiger charge is 2.09. The number of methoxy groups -OCH3 is 1. The van der Waals surface area contributed by atoms with Crippen LogP contribution in [0.5, 0.6) is 0 Å². The molecule has 1 heterocycles. The Bertz CT molecular complexity index is 365. The van der Waals surface area contributed by atoms with E-state index in [1.165, 1.54) is 19.4 Å². The van der Waals surface area contributed by atoms with E-state index in [-0.39, 0.29) is 12.1 Å². The molecule has 1 aromatic heterocycles. The molecule has 0 aliphatic heterocycles. The number of rotatable bonds is 3. The van der Waals surface area contributed by atoms with Gasteiger partial charge in [0.2, 0.25) is 0 Å². The number of ether oxygens (including phenoxy) is 1. The van der Waals surface area contributed by atoms with E-state index in [0.717, 1.165) is 6.29 Å². The van der Waals surface area contributed by atoms with Gasteiger partial charge in [-0.05, 0) is 11.6 Å². The van der Waals surface area contributed by atoms with Gasteiger partial charge in [0.1, 0.15) is 12.0 Å². The van der Waals surface area contributed by atoms with Crippen molar-refractivity contribution in [2.45, 2.75) is 6.42 Å². The maximum atomic E-state index is 11.0. The van der Waals surface area contributed by atoms with Gasteiger partial charge in [0.15, 0.2) is 0 Å². The molecule has 1 rings (SSSR count). The third-order valence-electron chi connectivity index (χ3n) is 1.63. The van der Waals surface area contributed by atoms with Crippen molar-refractivity contribution >= 4 is 23.9 Å². The van der Waals surface area contributed by atoms with Crippen molar-refractivity contribution in [3.63, 3.8) is 0 Å². The summed E-state index contributed by atoms with van der Waals surface area (Å²) in [5, 5.41) is 0.340. The summed E-state index contributed by atoms with van der Waals surface area (Å²) >= 11 is 5.80. The number of carbonyl (C=O) groups is 2. The van der Waals surface area contributed by atoms with E-state index in [9.17, 15) is 9.59 Å². The van der Waals surface area contributed by atoms with Gasteiger partial charge in [-0.15, -0.1) is 0 Å². The molecule has 0 amide bonds. The fraction of sp³-hybridized carbons (Fsp3) is 0.222. The SMILES string of the molecule is COC(=O)c1cc(Cl)c(CC=O)cn1. The van der Waals surface area contributed by atoms with Crippen LogP contribution in [0.1, 0.15) is 16.1 Å². The van der Waals surface area contributed by atoms with Crippen LogP contribution in [0.25, 0.3) is 0 Å². The molecule has 0 bridgehead atoms. The third kappa shape index (κ3) is 2.29. The molecule has 5 heteroatoms. The molecular formula is C9H8ClNO3. The van der Waals surface area contributed by atoms with Gasteiger partial charge >= 0.3 is 5.97 Å². The van der Waals surface area contributed by atoms with Crippen molar-refractivity contribution in [3.05, 3.63) is 28.5 Å². The van der Waals surface area contributed by atoms with E-state index in [1.807, 2.05) is 0 Å². The number of hydrogen-bond donors (Lipinski definition) is 0. The smallest absolute Gasteiger partial charge is 0.356 e. The van der Waals surface area contributed by atoms with Crippen LogP contribution in [0, 0.1) is 0 Å². The van der Waals surface area contributed by atoms with E-state index in [0.29, 0.717) is 10.6 Å². The van der Waals surface area contributed by atoms with Crippen molar-refractivity contribution < 1.29 is 14.3 Å². The van der Waals surface area contributed by atoms with E-state index < -0.39 is 5.97 Å². The van der Waals surface area contributed by atoms with Crippen LogP contribution >= 0.6 is 11.6 Å². The van der Waals surface area contributed by atoms with Crippen molar-refractivity contribution in [3.8, 4) is 0 Å². The Kier molecular flexibility index (Phi) is 3.59. The van der Waals surface area contributed by atoms with Gasteiger partial charge in [0, 0.05) is 17.6 Å². The summed E-state index contributed by atoms with van der Waals surface area (Å²) in [4.78, 5) is 25.1. The van der Waals surface area contributed by atoms with E-state index in [2.05, 4.69) is 9.72 Å². The van der Waals surface area contributed by atoms with Gasteiger partial charge in [0.25, 0.3) is 0 Å². The summed E-state index contributed by atoms with van der Waals surface area (Å²) in [5.41, 5.74) is 0.724. The average molecular weight is 214 g/mol. The maximum Gasteiger partial charge on any atom is 0.356 e. The second kappa shape index (κ2) is 4.72. The van der Waals surface area contributed by atoms with Crippen LogP contribution in [0.4, 0.5) is 0 Å². The highest BCUT2D eigenvalue weighted by atomic mass is 35.5. The Balaban J connectivity index is 2.99. The Morgan fingerprint density at radius 3 is 2.93 bits per heavy atom. The molecule has 0 radical (unpaired) electrons. The summed E-state index contributed by atoms with van der Waals surface area (Å²) in [5.74, 6) is -0.551. The summed E-state index contributed by atoms with van der Waals surface area (Å²) in [6.07, 6.45) is 2.30. The zero-order valence-electron chi connectivity index (χ0n) is 7.49. The zero-order valence-corrected chi connectivity index (χ0v) is 8.25. The second-order valence-corrected chi connectivity index (χ2v) is 2.93. The topological polar surface area (TPSA) is 56.3 Å². The Labute approximate surface area is 85.9 Å². The molecule has 74 valence electrons. The van der Waals surface area contributed by atoms with Gasteiger partial charge in [0.05, 0.1) is 7.11 Å². The molecule has 0 aliphatic carbocycles. The number of halogens is 1. The Morgan fingerprint density at radius 1 is 1.71 bits per heavy atom. The van der Waals surface area contributed by atoms with Crippen molar-refractivity contribution in [1.82, 2.24) is 4.98 Å². The van der Waals surface area contributed by atoms with Crippen molar-refractivity contribution in [2.75, 3.05) is 7.11 Å². The summed E-state index contributed by atoms with van der Waals surface area (Å²) < 4.78 is 4.46. The predicted molar refractivity (Wildman–Crippen MR) is 50.4 cm³/mol. The van der Waals surface area contributed by atoms with Crippen LogP contribution in [-0.2, 0) is 16.0 Å². The lowest BCUT2D eigenvalue weighted by molar-refractivity contribution is -0.107. The van der Waals surface area contributed by atoms with Gasteiger partial charge in [-0.2, -0.15) is 0 Å². The molecule has 0 fully saturated rings. The number of nitrogens with zero attached hydrogens (tertiary/aromatic N) is 1. The lowest BCUT2D eigenvalue weighted by Gasteiger charge is -2.01. The molecule has 0 spiro atoms. The zero-order chi connectivity index (χ0) is 10.6. The fourth-order valence-corrected chi connectivity index (χ4v) is 1.14. The third-order valence-corrected chi connectivity index (χ3v) is 1.98. The molecule has 0 aromatic carbocycles. The van der Waals surface area contributed by atoms with Gasteiger partial charge in [-0.3, -0.25) is 0 Å². The Morgan fingerprint density at radius 2 is 2.43 bits per heavy atom. The quantitative estimate of drug-likeness (QED) is 0.560. The van der Waals surface area contributed by atoms with E-state index in [1.54, 1.807) is 0 Å². The van der Waals surface area contributed by atoms with Crippen LogP contribution < -0.4 is 0 Å². The number of aldehydes is 1. The molecule has 4 nitrogen and oxygen atoms in total. The minimum atomic E-state index is -0.551. The summed E-state index contributed by atoms with van der Waals surface area (Å²) in [6, 6.07) is 1.38. The summed E-state index contributed by atoms with van der Waals surface area (Å²) in [7, 11) is 1.26. The van der Waals surface area contributed by atoms with Crippen molar-refractivity contribution in [1.29, 1.82) is 0 Å². The lowest BCUT2D eigenvalue weighted by atomic mass is 10.2. The first-order valence-electron chi connectivity index (χ1n) is 3.85. The molecule has 0 aliphatic rings. The molecule has 0 saturated heterocycles. The van der Waals surface area contributed by atoms with E-state index >= 15 is 0 Å². The number of esters is 1. The van der Waals surface area contributed by atoms with Gasteiger partial charge in [-0.1, -0.05) is 11.6 Å². The first-order chi connectivity index (χ1) is 6.69. The molecule has 0 unspecified atom stereocenters. The van der Waals surface area contributed by atoms with Gasteiger partial charge < -0.3 is 9.53 Å². The Hall–Kier alpha value is -1.42. The molecule has 0 saturated carbocycles. The predicted octanol–water partition coefficient (Wildman–Crippen LogP) is 1.26. The summed E-state index contributed by atoms with van der Waals surface area (Å²) in [6.45, 7) is 0. The van der Waals surface area contributed by atoms with E-state index in [4.69, 9.17) is 11.6 Å². The van der Waals surface area contributed by atoms with Gasteiger partial charge in [-0.25, -0.2) is 9.78 Å². The first-order valence-corrected chi connectivity index (χ1v) is 4.23. The molecule has 0 N–H and O–H groups in total. The molecule has 14 heavy (non-hydrogen) atoms. The highest BCUT2D eigenvalue weighted by molar-refractivity contribution is 6.31. The number of aromatic nitrogens is 1. The number of carbonyl (C=O) groups excluding carboxylic acids is 2. The van der Waals surface area contributed by atoms with Crippen LogP contribution in [0.2, 0.25) is 5.02 Å². The number of hydrogen-bond acceptors (Lipinski definition) is 4. The number of pyridine rings is 1. The minimum Gasteiger partial charge on any atom is -0.464 e. The molecule has 0 atom stereocenters. The second-order valence-electron chi connectivity index (χ2n) is 2.52. The molecule has 1 aromatic rings. The molecular weight excluding hydrogens is 206 g/mol. The lowest BCUT2D eigenvalue weighted by Crippen LogP contribution is -2.05. The fourth-order valence-electron chi connectivity index (χ4n) is 0.915. The maximum absolute atomic E-state index is 11.0. The van der Waals surface area contributed by atoms with Crippen LogP contribution in [-0.4, -0.2) is 24.3 Å². The minimum absolute atomic E-state index is 0.132. The first kappa shape index (κ1) is 10.7. The van der Waals surface area contributed by atoms with Crippen LogP contribution in [0.15, 0.2) is 12.3 Å². The monoisotopic (exact) mass is 213 g/mol.